The van der Waals surface area contributed by atoms with Crippen molar-refractivity contribution in [2.24, 2.45) is 0 Å². The number of hydrogen-bond acceptors (Lipinski definition) is 0. The zero-order chi connectivity index (χ0) is 10.8. The molecule has 2 rings (SSSR count). The molecule has 2 aliphatic carbocycles. The zero-order valence-corrected chi connectivity index (χ0v) is 13.8. The van der Waals surface area contributed by atoms with Crippen molar-refractivity contribution in [3.05, 3.63) is 47.6 Å². The normalized spacial score (nSPS) is 14.2. The minimum atomic E-state index is 0. The molecule has 0 amide bonds. The topological polar surface area (TPSA) is 0 Å². The van der Waals surface area contributed by atoms with E-state index in [1.165, 1.54) is 35.4 Å². The summed E-state index contributed by atoms with van der Waals surface area (Å²) < 4.78 is 3.34. The molecule has 0 bridgehead atoms. The van der Waals surface area contributed by atoms with Gasteiger partial charge in [-0.2, -0.15) is 11.6 Å². The average molecular weight is 336 g/mol. The predicted molar refractivity (Wildman–Crippen MR) is 74.0 cm³/mol. The molecule has 88 valence electrons. The van der Waals surface area contributed by atoms with Gasteiger partial charge in [-0.05, 0) is 0 Å². The third kappa shape index (κ3) is 10.8. The third-order valence-corrected chi connectivity index (χ3v) is 1.94. The zero-order valence-electron chi connectivity index (χ0n) is 9.75. The molecule has 3 heteroatoms. The second-order valence-corrected chi connectivity index (χ2v) is 2.99. The van der Waals surface area contributed by atoms with Crippen molar-refractivity contribution >= 4 is 29.0 Å². The van der Waals surface area contributed by atoms with Crippen LogP contribution in [-0.2, 0) is 24.2 Å². The molecule has 0 spiro atoms. The summed E-state index contributed by atoms with van der Waals surface area (Å²) in [7, 11) is 0. The van der Waals surface area contributed by atoms with Gasteiger partial charge in [0.15, 0.2) is 0 Å². The van der Waals surface area contributed by atoms with Gasteiger partial charge >= 0.3 is 28.4 Å². The van der Waals surface area contributed by atoms with Gasteiger partial charge in [-0.1, -0.05) is 6.92 Å². The second-order valence-electron chi connectivity index (χ2n) is 2.99. The molecule has 0 fully saturated rings. The molecule has 0 aromatic heterocycles. The first-order chi connectivity index (χ1) is 6.80. The summed E-state index contributed by atoms with van der Waals surface area (Å²) in [5.41, 5.74) is 2.85. The molecular formula is C13H18Cl2Zr. The van der Waals surface area contributed by atoms with Crippen molar-refractivity contribution in [1.82, 2.24) is 0 Å². The van der Waals surface area contributed by atoms with Crippen molar-refractivity contribution in [1.29, 1.82) is 0 Å². The van der Waals surface area contributed by atoms with Crippen LogP contribution < -0.4 is 0 Å². The van der Waals surface area contributed by atoms with E-state index < -0.39 is 0 Å². The maximum atomic E-state index is 3.34. The fourth-order valence-electron chi connectivity index (χ4n) is 0.960. The summed E-state index contributed by atoms with van der Waals surface area (Å²) in [6, 6.07) is 0. The summed E-state index contributed by atoms with van der Waals surface area (Å²) in [5.74, 6) is 0. The predicted octanol–water partition coefficient (Wildman–Crippen LogP) is 4.20. The second kappa shape index (κ2) is 15.3. The molecule has 16 heavy (non-hydrogen) atoms. The number of halogens is 2. The minimum absolute atomic E-state index is 0. The van der Waals surface area contributed by atoms with Gasteiger partial charge < -0.3 is 0 Å². The van der Waals surface area contributed by atoms with E-state index >= 15 is 0 Å². The molecular weight excluding hydrogens is 318 g/mol. The van der Waals surface area contributed by atoms with Crippen molar-refractivity contribution < 1.29 is 24.2 Å². The monoisotopic (exact) mass is 334 g/mol. The van der Waals surface area contributed by atoms with E-state index in [1.807, 2.05) is 12.2 Å². The fourth-order valence-corrected chi connectivity index (χ4v) is 0.960. The van der Waals surface area contributed by atoms with Crippen LogP contribution in [0.25, 0.3) is 0 Å². The van der Waals surface area contributed by atoms with Crippen LogP contribution >= 0.6 is 24.8 Å². The molecule has 2 aliphatic rings. The van der Waals surface area contributed by atoms with Crippen LogP contribution in [0.2, 0.25) is 0 Å². The van der Waals surface area contributed by atoms with E-state index in [1.54, 1.807) is 0 Å². The summed E-state index contributed by atoms with van der Waals surface area (Å²) >= 11 is 1.30. The summed E-state index contributed by atoms with van der Waals surface area (Å²) in [6.45, 7) is 4.27. The van der Waals surface area contributed by atoms with Crippen molar-refractivity contribution in [3.8, 4) is 0 Å². The van der Waals surface area contributed by atoms with Crippen molar-refractivity contribution in [2.75, 3.05) is 0 Å². The Morgan fingerprint density at radius 2 is 1.81 bits per heavy atom. The summed E-state index contributed by atoms with van der Waals surface area (Å²) in [4.78, 5) is 0. The van der Waals surface area contributed by atoms with Crippen LogP contribution in [0.3, 0.4) is 0 Å². The van der Waals surface area contributed by atoms with E-state index in [9.17, 15) is 0 Å². The summed E-state index contributed by atoms with van der Waals surface area (Å²) in [6.07, 6.45) is 16.2. The maximum absolute atomic E-state index is 3.34. The van der Waals surface area contributed by atoms with Gasteiger partial charge in [-0.15, -0.1) is 44.6 Å². The van der Waals surface area contributed by atoms with Crippen LogP contribution in [0, 0.1) is 12.2 Å². The molecule has 0 unspecified atom stereocenters. The standard InChI is InChI=1S/C7H9.C5H5.CH2.2ClH.Zr/c1-6-4-3-5-7(6)2;1-2-4-5-3-1;;;;/h4H,5H2,1-2H3;1-3H,4H2;1H2;2*1H;/q2*-1;;;;+2. The quantitative estimate of drug-likeness (QED) is 0.582. The van der Waals surface area contributed by atoms with Gasteiger partial charge in [0.2, 0.25) is 0 Å². The van der Waals surface area contributed by atoms with E-state index in [2.05, 4.69) is 42.4 Å². The molecule has 0 atom stereocenters. The average Bonchev–Trinajstić information content (AvgIpc) is 2.86. The van der Waals surface area contributed by atoms with Gasteiger partial charge in [0.25, 0.3) is 0 Å². The number of rotatable bonds is 0. The van der Waals surface area contributed by atoms with Crippen molar-refractivity contribution in [2.45, 2.75) is 26.7 Å². The molecule has 0 saturated heterocycles. The molecule has 0 aliphatic heterocycles. The Morgan fingerprint density at radius 1 is 1.19 bits per heavy atom. The Balaban J connectivity index is -0.000000169. The van der Waals surface area contributed by atoms with Crippen LogP contribution in [0.15, 0.2) is 35.5 Å². The van der Waals surface area contributed by atoms with E-state index in [4.69, 9.17) is 0 Å². The van der Waals surface area contributed by atoms with Crippen LogP contribution in [-0.4, -0.2) is 4.21 Å². The molecule has 0 nitrogen and oxygen atoms in total. The first kappa shape index (κ1) is 21.6. The summed E-state index contributed by atoms with van der Waals surface area (Å²) in [5, 5.41) is 0. The van der Waals surface area contributed by atoms with Gasteiger partial charge in [0.05, 0.1) is 0 Å². The van der Waals surface area contributed by atoms with Crippen LogP contribution in [0.4, 0.5) is 0 Å². The third-order valence-electron chi connectivity index (χ3n) is 1.94. The Bertz CT molecular complexity index is 266. The first-order valence-electron chi connectivity index (χ1n) is 4.61. The van der Waals surface area contributed by atoms with Gasteiger partial charge in [0.1, 0.15) is 0 Å². The molecule has 0 saturated carbocycles. The molecule has 0 aromatic rings. The fraction of sp³-hybridized carbons (Fsp3) is 0.308. The Labute approximate surface area is 127 Å². The van der Waals surface area contributed by atoms with Crippen LogP contribution in [0.5, 0.6) is 0 Å². The molecule has 0 N–H and O–H groups in total. The Hall–Kier alpha value is 0.293. The Morgan fingerprint density at radius 3 is 1.94 bits per heavy atom. The SMILES string of the molecule is CC1=C(C)C[C-]=C1.Cl.Cl.[C-]1=CC=CC1.[CH2]=[Zr+2]. The number of hydrogen-bond donors (Lipinski definition) is 0. The molecule has 0 heterocycles. The van der Waals surface area contributed by atoms with Gasteiger partial charge in [-0.25, -0.2) is 23.8 Å². The van der Waals surface area contributed by atoms with Crippen molar-refractivity contribution in [3.63, 3.8) is 0 Å². The van der Waals surface area contributed by atoms with E-state index in [0.717, 1.165) is 12.8 Å². The first-order valence-corrected chi connectivity index (χ1v) is 6.34. The van der Waals surface area contributed by atoms with Gasteiger partial charge in [-0.3, -0.25) is 12.2 Å². The number of allylic oxidation sites excluding steroid dienone is 8. The Kier molecular flexibility index (Phi) is 20.6. The van der Waals surface area contributed by atoms with Gasteiger partial charge in [0, 0.05) is 0 Å². The van der Waals surface area contributed by atoms with Crippen LogP contribution in [0.1, 0.15) is 26.7 Å². The molecule has 0 radical (unpaired) electrons. The van der Waals surface area contributed by atoms with E-state index in [0.29, 0.717) is 0 Å². The van der Waals surface area contributed by atoms with E-state index in [-0.39, 0.29) is 24.8 Å². The molecule has 0 aromatic carbocycles.